The monoisotopic (exact) mass is 586 g/mol. The van der Waals surface area contributed by atoms with Gasteiger partial charge in [-0.25, -0.2) is 19.9 Å². The minimum absolute atomic E-state index is 0.154. The predicted molar refractivity (Wildman–Crippen MR) is 165 cm³/mol. The summed E-state index contributed by atoms with van der Waals surface area (Å²) in [5.74, 6) is 1.52. The average Bonchev–Trinajstić information content (AvgIpc) is 3.47. The molecule has 0 bridgehead atoms. The number of carbonyl (C=O) groups excluding carboxylic acids is 1. The van der Waals surface area contributed by atoms with Crippen LogP contribution < -0.4 is 10.6 Å². The second kappa shape index (κ2) is 13.7. The molecule has 2 fully saturated rings. The first-order valence-electron chi connectivity index (χ1n) is 15.5. The largest absolute Gasteiger partial charge is 0.379 e. The molecule has 1 atom stereocenters. The molecular formula is C32H42N8O3. The number of rotatable bonds is 10. The van der Waals surface area contributed by atoms with Crippen molar-refractivity contribution >= 4 is 17.8 Å². The van der Waals surface area contributed by atoms with Crippen LogP contribution in [0.25, 0.3) is 11.3 Å². The van der Waals surface area contributed by atoms with Crippen LogP contribution in [0.2, 0.25) is 0 Å². The van der Waals surface area contributed by atoms with Gasteiger partial charge in [0.15, 0.2) is 0 Å². The van der Waals surface area contributed by atoms with E-state index in [-0.39, 0.29) is 11.9 Å². The maximum absolute atomic E-state index is 12.8. The summed E-state index contributed by atoms with van der Waals surface area (Å²) in [4.78, 5) is 37.8. The van der Waals surface area contributed by atoms with E-state index in [0.29, 0.717) is 25.6 Å². The number of aryl methyl sites for hydroxylation is 1. The maximum atomic E-state index is 12.8. The van der Waals surface area contributed by atoms with Crippen molar-refractivity contribution in [3.8, 4) is 11.3 Å². The lowest BCUT2D eigenvalue weighted by molar-refractivity contribution is -0.129. The molecule has 228 valence electrons. The molecule has 6 rings (SSSR count). The summed E-state index contributed by atoms with van der Waals surface area (Å²) in [5, 5.41) is 0. The molecule has 3 aromatic rings. The number of fused-ring (bicyclic) bond motifs is 1. The molecule has 0 saturated carbocycles. The quantitative estimate of drug-likeness (QED) is 0.379. The van der Waals surface area contributed by atoms with Gasteiger partial charge in [0.2, 0.25) is 17.8 Å². The highest BCUT2D eigenvalue weighted by Crippen LogP contribution is 2.40. The Balaban J connectivity index is 1.09. The smallest absolute Gasteiger partial charge is 0.226 e. The number of anilines is 2. The highest BCUT2D eigenvalue weighted by atomic mass is 16.5. The lowest BCUT2D eigenvalue weighted by Gasteiger charge is -2.28. The van der Waals surface area contributed by atoms with E-state index in [9.17, 15) is 4.79 Å². The maximum Gasteiger partial charge on any atom is 0.226 e. The lowest BCUT2D eigenvalue weighted by Crippen LogP contribution is -2.42. The van der Waals surface area contributed by atoms with Crippen molar-refractivity contribution < 1.29 is 14.3 Å². The molecule has 2 aromatic heterocycles. The lowest BCUT2D eigenvalue weighted by atomic mass is 9.96. The highest BCUT2D eigenvalue weighted by molar-refractivity contribution is 5.78. The first kappa shape index (κ1) is 29.4. The molecular weight excluding hydrogens is 544 g/mol. The number of likely N-dealkylation sites (N-methyl/N-ethyl adjacent to an activating group) is 1. The van der Waals surface area contributed by atoms with E-state index in [1.54, 1.807) is 12.4 Å². The number of hydrogen-bond acceptors (Lipinski definition) is 10. The Labute approximate surface area is 253 Å². The van der Waals surface area contributed by atoms with Crippen LogP contribution >= 0.6 is 0 Å². The third kappa shape index (κ3) is 7.29. The van der Waals surface area contributed by atoms with Crippen LogP contribution in [0.4, 0.5) is 11.9 Å². The van der Waals surface area contributed by atoms with Crippen molar-refractivity contribution in [1.29, 1.82) is 0 Å². The van der Waals surface area contributed by atoms with Crippen LogP contribution in [0.3, 0.4) is 0 Å². The van der Waals surface area contributed by atoms with E-state index in [2.05, 4.69) is 44.0 Å². The fourth-order valence-electron chi connectivity index (χ4n) is 6.13. The molecule has 3 aliphatic rings. The van der Waals surface area contributed by atoms with Crippen molar-refractivity contribution in [2.75, 3.05) is 83.4 Å². The molecule has 1 aromatic carbocycles. The number of amides is 1. The number of aromatic nitrogens is 4. The summed E-state index contributed by atoms with van der Waals surface area (Å²) < 4.78 is 11.0. The Morgan fingerprint density at radius 1 is 0.977 bits per heavy atom. The van der Waals surface area contributed by atoms with Crippen LogP contribution in [0, 0.1) is 0 Å². The van der Waals surface area contributed by atoms with Crippen molar-refractivity contribution in [1.82, 2.24) is 29.7 Å². The van der Waals surface area contributed by atoms with Gasteiger partial charge in [0.25, 0.3) is 0 Å². The molecule has 1 amide bonds. The molecule has 4 heterocycles. The van der Waals surface area contributed by atoms with E-state index in [1.807, 2.05) is 11.9 Å². The molecule has 43 heavy (non-hydrogen) atoms. The van der Waals surface area contributed by atoms with E-state index in [4.69, 9.17) is 25.2 Å². The van der Waals surface area contributed by atoms with Gasteiger partial charge in [0, 0.05) is 75.8 Å². The van der Waals surface area contributed by atoms with Crippen LogP contribution in [0.1, 0.15) is 41.1 Å². The van der Waals surface area contributed by atoms with Crippen molar-refractivity contribution in [3.05, 3.63) is 59.0 Å². The third-order valence-corrected chi connectivity index (χ3v) is 8.84. The van der Waals surface area contributed by atoms with Gasteiger partial charge in [-0.2, -0.15) is 0 Å². The summed E-state index contributed by atoms with van der Waals surface area (Å²) >= 11 is 0. The SMILES string of the molecule is CN(CCN1CCOCC1)C(=O)Cc1ccc(CCC2CCc3c(-c4cnc(N)nc4)nc(N4CCOCC4)nc32)cc1. The Hall–Kier alpha value is -3.67. The zero-order valence-corrected chi connectivity index (χ0v) is 25.1. The van der Waals surface area contributed by atoms with E-state index < -0.39 is 0 Å². The molecule has 2 saturated heterocycles. The molecule has 2 N–H and O–H groups in total. The Morgan fingerprint density at radius 3 is 2.37 bits per heavy atom. The number of nitrogens with two attached hydrogens (primary N) is 1. The van der Waals surface area contributed by atoms with Gasteiger partial charge in [-0.05, 0) is 36.8 Å². The predicted octanol–water partition coefficient (Wildman–Crippen LogP) is 2.35. The third-order valence-electron chi connectivity index (χ3n) is 8.84. The molecule has 2 aliphatic heterocycles. The van der Waals surface area contributed by atoms with Gasteiger partial charge >= 0.3 is 0 Å². The van der Waals surface area contributed by atoms with Crippen LogP contribution in [0.5, 0.6) is 0 Å². The van der Waals surface area contributed by atoms with Crippen molar-refractivity contribution in [2.24, 2.45) is 0 Å². The summed E-state index contributed by atoms with van der Waals surface area (Å²) in [6.07, 6.45) is 7.88. The van der Waals surface area contributed by atoms with Gasteiger partial charge in [0.05, 0.1) is 44.2 Å². The first-order valence-corrected chi connectivity index (χ1v) is 15.5. The van der Waals surface area contributed by atoms with E-state index >= 15 is 0 Å². The minimum Gasteiger partial charge on any atom is -0.379 e. The van der Waals surface area contributed by atoms with Gasteiger partial charge in [0.1, 0.15) is 0 Å². The average molecular weight is 587 g/mol. The molecule has 11 heteroatoms. The molecule has 0 radical (unpaired) electrons. The van der Waals surface area contributed by atoms with Crippen molar-refractivity contribution in [2.45, 2.75) is 38.0 Å². The van der Waals surface area contributed by atoms with Crippen LogP contribution in [0.15, 0.2) is 36.7 Å². The van der Waals surface area contributed by atoms with Gasteiger partial charge in [-0.15, -0.1) is 0 Å². The van der Waals surface area contributed by atoms with Gasteiger partial charge < -0.3 is 25.0 Å². The number of benzene rings is 1. The summed E-state index contributed by atoms with van der Waals surface area (Å²) in [6, 6.07) is 8.54. The molecule has 0 spiro atoms. The number of ether oxygens (including phenoxy) is 2. The normalized spacial score (nSPS) is 18.9. The van der Waals surface area contributed by atoms with Gasteiger partial charge in [-0.1, -0.05) is 24.3 Å². The second-order valence-electron chi connectivity index (χ2n) is 11.7. The summed E-state index contributed by atoms with van der Waals surface area (Å²) in [6.45, 7) is 7.98. The fourth-order valence-corrected chi connectivity index (χ4v) is 6.13. The standard InChI is InChI=1S/C32H42N8O3/c1-38(10-11-39-12-16-42-17-13-39)28(41)20-24-4-2-23(3-5-24)6-7-25-8-9-27-29(25)36-32(40-14-18-43-19-15-40)37-30(27)26-21-34-31(33)35-22-26/h2-5,21-22,25H,6-20H2,1H3,(H2,33,34,35). The highest BCUT2D eigenvalue weighted by Gasteiger charge is 2.30. The fraction of sp³-hybridized carbons (Fsp3) is 0.531. The van der Waals surface area contributed by atoms with E-state index in [1.165, 1.54) is 11.1 Å². The Kier molecular flexibility index (Phi) is 9.40. The molecule has 1 unspecified atom stereocenters. The Morgan fingerprint density at radius 2 is 1.65 bits per heavy atom. The number of carbonyl (C=O) groups is 1. The Bertz CT molecular complexity index is 1370. The number of nitrogens with zero attached hydrogens (tertiary/aromatic N) is 7. The summed E-state index contributed by atoms with van der Waals surface area (Å²) in [5.41, 5.74) is 12.2. The molecule has 1 aliphatic carbocycles. The van der Waals surface area contributed by atoms with Crippen LogP contribution in [-0.2, 0) is 33.5 Å². The number of nitrogen functional groups attached to an aromatic ring is 1. The first-order chi connectivity index (χ1) is 21.0. The summed E-state index contributed by atoms with van der Waals surface area (Å²) in [7, 11) is 1.90. The zero-order valence-electron chi connectivity index (χ0n) is 25.1. The zero-order chi connectivity index (χ0) is 29.6. The second-order valence-corrected chi connectivity index (χ2v) is 11.7. The topological polar surface area (TPSA) is 123 Å². The van der Waals surface area contributed by atoms with Crippen molar-refractivity contribution in [3.63, 3.8) is 0 Å². The minimum atomic E-state index is 0.154. The van der Waals surface area contributed by atoms with Crippen LogP contribution in [-0.4, -0.2) is 108 Å². The molecule has 11 nitrogen and oxygen atoms in total. The number of morpholine rings is 2. The van der Waals surface area contributed by atoms with Gasteiger partial charge in [-0.3, -0.25) is 9.69 Å². The number of hydrogen-bond donors (Lipinski definition) is 1. The van der Waals surface area contributed by atoms with E-state index in [0.717, 1.165) is 107 Å².